The van der Waals surface area contributed by atoms with Crippen molar-refractivity contribution in [2.75, 3.05) is 31.7 Å². The predicted molar refractivity (Wildman–Crippen MR) is 219 cm³/mol. The number of likely N-dealkylation sites (tertiary alicyclic amines) is 1. The zero-order valence-electron chi connectivity index (χ0n) is 33.4. The first-order valence-electron chi connectivity index (χ1n) is 19.5. The molecule has 0 radical (unpaired) electrons. The van der Waals surface area contributed by atoms with E-state index in [1.165, 1.54) is 22.3 Å². The third kappa shape index (κ3) is 9.24. The van der Waals surface area contributed by atoms with Crippen LogP contribution in [0.1, 0.15) is 73.1 Å². The van der Waals surface area contributed by atoms with Crippen LogP contribution in [0.25, 0.3) is 22.3 Å². The van der Waals surface area contributed by atoms with Crippen molar-refractivity contribution in [3.05, 3.63) is 42.3 Å². The highest BCUT2D eigenvalue weighted by atomic mass is 32.1. The number of ether oxygens (including phenoxy) is 3. The fourth-order valence-electron chi connectivity index (χ4n) is 7.73. The van der Waals surface area contributed by atoms with Gasteiger partial charge in [-0.15, -0.1) is 17.9 Å². The van der Waals surface area contributed by atoms with Crippen molar-refractivity contribution >= 4 is 52.6 Å². The van der Waals surface area contributed by atoms with Crippen molar-refractivity contribution in [1.82, 2.24) is 25.5 Å². The lowest BCUT2D eigenvalue weighted by Crippen LogP contribution is -2.58. The van der Waals surface area contributed by atoms with Crippen LogP contribution in [0.4, 0.5) is 9.93 Å². The first kappa shape index (κ1) is 42.4. The summed E-state index contributed by atoms with van der Waals surface area (Å²) in [6.45, 7) is 12.7. The monoisotopic (exact) mass is 826 g/mol. The van der Waals surface area contributed by atoms with E-state index in [1.54, 1.807) is 25.3 Å². The number of aromatic nitrogens is 2. The van der Waals surface area contributed by atoms with E-state index in [0.717, 1.165) is 30.8 Å². The number of rotatable bonds is 15. The number of methoxy groups -OCH3 is 1. The first-order valence-corrected chi connectivity index (χ1v) is 22.2. The molecule has 3 heterocycles. The highest BCUT2D eigenvalue weighted by Crippen LogP contribution is 2.69. The van der Waals surface area contributed by atoms with Crippen LogP contribution in [0.2, 0.25) is 0 Å². The van der Waals surface area contributed by atoms with E-state index in [4.69, 9.17) is 24.2 Å². The number of pyridine rings is 1. The maximum Gasteiger partial charge on any atom is 0.408 e. The summed E-state index contributed by atoms with van der Waals surface area (Å²) in [6.07, 6.45) is 3.06. The van der Waals surface area contributed by atoms with E-state index < -0.39 is 72.8 Å². The zero-order chi connectivity index (χ0) is 41.3. The first-order chi connectivity index (χ1) is 27.0. The van der Waals surface area contributed by atoms with Crippen molar-refractivity contribution in [3.8, 4) is 22.9 Å². The summed E-state index contributed by atoms with van der Waals surface area (Å²) in [7, 11) is -2.54. The SMILES string of the molecule is C=C[C@@H]1C[C@]1(NC(=O)[C@@H]1C[C@@H](Oc2cc(-c3csc(NC(C)C)n3)nc3cc(OC)ccc23)CN1C(=O)[C@@H](NC(=O)OC1CCCC1)C(C)(C)C)P(=O)(O)CCO. The second-order valence-electron chi connectivity index (χ2n) is 16.6. The van der Waals surface area contributed by atoms with Crippen molar-refractivity contribution < 1.29 is 43.2 Å². The van der Waals surface area contributed by atoms with Gasteiger partial charge in [-0.05, 0) is 63.5 Å². The smallest absolute Gasteiger partial charge is 0.408 e. The number of carbonyl (C=O) groups excluding carboxylic acids is 3. The van der Waals surface area contributed by atoms with E-state index in [-0.39, 0.29) is 31.5 Å². The molecule has 2 aliphatic carbocycles. The van der Waals surface area contributed by atoms with Crippen molar-refractivity contribution in [1.29, 1.82) is 0 Å². The Morgan fingerprint density at radius 3 is 2.51 bits per heavy atom. The summed E-state index contributed by atoms with van der Waals surface area (Å²) in [5.41, 5.74) is 0.959. The third-order valence-electron chi connectivity index (χ3n) is 10.9. The fourth-order valence-corrected chi connectivity index (χ4v) is 10.6. The Labute approximate surface area is 337 Å². The molecule has 15 nitrogen and oxygen atoms in total. The summed E-state index contributed by atoms with van der Waals surface area (Å²) >= 11 is 1.45. The molecule has 2 saturated carbocycles. The number of nitrogens with one attached hydrogen (secondary N) is 3. The number of fused-ring (bicyclic) bond motifs is 1. The number of carbonyl (C=O) groups is 3. The summed E-state index contributed by atoms with van der Waals surface area (Å²) in [5.74, 6) is -0.640. The molecule has 310 valence electrons. The Morgan fingerprint density at radius 1 is 1.14 bits per heavy atom. The minimum atomic E-state index is -4.11. The van der Waals surface area contributed by atoms with Crippen molar-refractivity contribution in [2.45, 2.75) is 109 Å². The van der Waals surface area contributed by atoms with Gasteiger partial charge >= 0.3 is 6.09 Å². The second kappa shape index (κ2) is 16.9. The molecular formula is C40H55N6O9PS. The minimum absolute atomic E-state index is 0.0278. The Kier molecular flexibility index (Phi) is 12.6. The van der Waals surface area contributed by atoms with E-state index in [9.17, 15) is 28.9 Å². The summed E-state index contributed by atoms with van der Waals surface area (Å²) in [5, 5.41) is 20.3. The molecule has 5 N–H and O–H groups in total. The molecule has 3 aliphatic rings. The molecule has 1 aliphatic heterocycles. The number of hydrogen-bond donors (Lipinski definition) is 5. The maximum atomic E-state index is 14.7. The molecule has 1 aromatic carbocycles. The molecule has 6 rings (SSSR count). The van der Waals surface area contributed by atoms with Gasteiger partial charge in [-0.2, -0.15) is 0 Å². The number of alkyl carbamates (subject to hydrolysis) is 1. The quantitative estimate of drug-likeness (QED) is 0.0899. The highest BCUT2D eigenvalue weighted by molar-refractivity contribution is 7.60. The number of aliphatic hydroxyl groups excluding tert-OH is 1. The Morgan fingerprint density at radius 2 is 1.88 bits per heavy atom. The molecule has 57 heavy (non-hydrogen) atoms. The molecule has 3 fully saturated rings. The normalized spacial score (nSPS) is 23.8. The van der Waals surface area contributed by atoms with Crippen LogP contribution in [0.3, 0.4) is 0 Å². The van der Waals surface area contributed by atoms with Gasteiger partial charge in [0.15, 0.2) is 5.13 Å². The number of benzene rings is 1. The van der Waals surface area contributed by atoms with E-state index in [2.05, 4.69) is 22.5 Å². The van der Waals surface area contributed by atoms with Gasteiger partial charge in [-0.1, -0.05) is 26.8 Å². The van der Waals surface area contributed by atoms with Gasteiger partial charge in [0.2, 0.25) is 19.2 Å². The molecule has 1 unspecified atom stereocenters. The summed E-state index contributed by atoms with van der Waals surface area (Å²) in [6, 6.07) is 5.14. The maximum absolute atomic E-state index is 14.7. The molecule has 0 bridgehead atoms. The van der Waals surface area contributed by atoms with Gasteiger partial charge in [0.1, 0.15) is 46.8 Å². The van der Waals surface area contributed by atoms with E-state index in [0.29, 0.717) is 33.8 Å². The number of aliphatic hydroxyl groups is 1. The molecule has 1 saturated heterocycles. The molecular weight excluding hydrogens is 772 g/mol. The number of amides is 3. The number of hydrogen-bond acceptors (Lipinski definition) is 12. The third-order valence-corrected chi connectivity index (χ3v) is 14.3. The Hall–Kier alpha value is -4.24. The van der Waals surface area contributed by atoms with Crippen LogP contribution >= 0.6 is 18.7 Å². The lowest BCUT2D eigenvalue weighted by molar-refractivity contribution is -0.142. The second-order valence-corrected chi connectivity index (χ2v) is 20.1. The van der Waals surface area contributed by atoms with Gasteiger partial charge in [0.05, 0.1) is 31.5 Å². The average Bonchev–Trinajstić information content (AvgIpc) is 3.55. The molecule has 3 aromatic rings. The van der Waals surface area contributed by atoms with Gasteiger partial charge in [0.25, 0.3) is 0 Å². The van der Waals surface area contributed by atoms with Crippen LogP contribution in [-0.4, -0.2) is 105 Å². The Balaban J connectivity index is 1.34. The van der Waals surface area contributed by atoms with Crippen LogP contribution in [-0.2, 0) is 18.9 Å². The number of nitrogens with zero attached hydrogens (tertiary/aromatic N) is 3. The molecule has 17 heteroatoms. The largest absolute Gasteiger partial charge is 0.497 e. The lowest BCUT2D eigenvalue weighted by Gasteiger charge is -2.35. The topological polar surface area (TPSA) is 202 Å². The van der Waals surface area contributed by atoms with E-state index >= 15 is 0 Å². The van der Waals surface area contributed by atoms with Crippen molar-refractivity contribution in [3.63, 3.8) is 0 Å². The summed E-state index contributed by atoms with van der Waals surface area (Å²) < 4.78 is 31.4. The molecule has 6 atom stereocenters. The Bertz CT molecular complexity index is 2030. The standard InChI is InChI=1S/C40H55N6O9PS/c1-8-24-20-40(24,56(51,52)16-15-47)45-35(48)32-18-27(21-46(32)36(49)34(39(4,5)6)44-38(50)55-25-11-9-10-12-25)54-33-19-30(31-22-57-37(43-31)41-23(2)3)42-29-17-26(53-7)13-14-28(29)33/h8,13-14,17,19,22-25,27,32,34,47H,1,9-12,15-16,18,20-21H2,2-7H3,(H,41,43)(H,44,50)(H,45,48)(H,51,52)/t24-,27-,32+,34-,40+/m1/s1. The van der Waals surface area contributed by atoms with Crippen LogP contribution in [0, 0.1) is 11.3 Å². The van der Waals surface area contributed by atoms with Gasteiger partial charge in [-0.3, -0.25) is 14.2 Å². The number of anilines is 1. The van der Waals surface area contributed by atoms with Gasteiger partial charge in [0, 0.05) is 47.4 Å². The van der Waals surface area contributed by atoms with Gasteiger partial charge in [-0.25, -0.2) is 14.8 Å². The van der Waals surface area contributed by atoms with E-state index in [1.807, 2.05) is 46.1 Å². The molecule has 2 aromatic heterocycles. The predicted octanol–water partition coefficient (Wildman–Crippen LogP) is 5.90. The van der Waals surface area contributed by atoms with Crippen LogP contribution in [0.5, 0.6) is 11.5 Å². The molecule has 0 spiro atoms. The van der Waals surface area contributed by atoms with Crippen LogP contribution < -0.4 is 25.4 Å². The highest BCUT2D eigenvalue weighted by Gasteiger charge is 2.65. The number of thiazole rings is 1. The average molecular weight is 827 g/mol. The minimum Gasteiger partial charge on any atom is -0.497 e. The van der Waals surface area contributed by atoms with Crippen molar-refractivity contribution in [2.24, 2.45) is 11.3 Å². The van der Waals surface area contributed by atoms with Gasteiger partial charge < -0.3 is 45.1 Å². The van der Waals surface area contributed by atoms with Crippen LogP contribution in [0.15, 0.2) is 42.3 Å². The molecule has 3 amide bonds. The summed E-state index contributed by atoms with van der Waals surface area (Å²) in [4.78, 5) is 64.4. The fraction of sp³-hybridized carbons (Fsp3) is 0.575. The zero-order valence-corrected chi connectivity index (χ0v) is 35.2. The lowest BCUT2D eigenvalue weighted by atomic mass is 9.85.